The molecule has 1 heterocycles. The van der Waals surface area contributed by atoms with Crippen molar-refractivity contribution in [1.82, 2.24) is 4.31 Å². The number of thioether (sulfide) groups is 1. The Morgan fingerprint density at radius 2 is 1.91 bits per heavy atom. The molecule has 22 heavy (non-hydrogen) atoms. The molecular formula is C14H19NO5S2. The van der Waals surface area contributed by atoms with E-state index in [-0.39, 0.29) is 4.90 Å². The van der Waals surface area contributed by atoms with Gasteiger partial charge in [-0.05, 0) is 36.4 Å². The Kier molecular flexibility index (Phi) is 5.71. The van der Waals surface area contributed by atoms with E-state index < -0.39 is 22.0 Å². The first-order valence-corrected chi connectivity index (χ1v) is 9.41. The Balaban J connectivity index is 2.36. The van der Waals surface area contributed by atoms with Gasteiger partial charge in [0.1, 0.15) is 11.8 Å². The molecule has 1 unspecified atom stereocenters. The average molecular weight is 345 g/mol. The zero-order valence-corrected chi connectivity index (χ0v) is 14.2. The van der Waals surface area contributed by atoms with Crippen LogP contribution < -0.4 is 4.74 Å². The van der Waals surface area contributed by atoms with Crippen molar-refractivity contribution < 1.29 is 22.7 Å². The van der Waals surface area contributed by atoms with Crippen LogP contribution >= 0.6 is 11.8 Å². The van der Waals surface area contributed by atoms with E-state index in [1.54, 1.807) is 23.9 Å². The van der Waals surface area contributed by atoms with E-state index in [1.165, 1.54) is 30.7 Å². The van der Waals surface area contributed by atoms with Crippen LogP contribution in [0.25, 0.3) is 0 Å². The molecule has 0 spiro atoms. The maximum atomic E-state index is 12.8. The lowest BCUT2D eigenvalue weighted by Gasteiger charge is -2.26. The molecule has 0 aromatic heterocycles. The van der Waals surface area contributed by atoms with E-state index in [9.17, 15) is 13.2 Å². The van der Waals surface area contributed by atoms with Crippen LogP contribution in [0.1, 0.15) is 6.42 Å². The van der Waals surface area contributed by atoms with Crippen molar-refractivity contribution in [3.05, 3.63) is 24.3 Å². The molecule has 2 rings (SSSR count). The molecule has 122 valence electrons. The van der Waals surface area contributed by atoms with Gasteiger partial charge >= 0.3 is 5.97 Å². The van der Waals surface area contributed by atoms with Gasteiger partial charge in [-0.15, -0.1) is 0 Å². The number of sulfonamides is 1. The highest BCUT2D eigenvalue weighted by Crippen LogP contribution is 2.26. The van der Waals surface area contributed by atoms with Crippen LogP contribution in [0.3, 0.4) is 0 Å². The second-order valence-corrected chi connectivity index (χ2v) is 7.85. The maximum Gasteiger partial charge on any atom is 0.324 e. The molecule has 1 aromatic carbocycles. The number of rotatable bonds is 4. The summed E-state index contributed by atoms with van der Waals surface area (Å²) in [6.45, 7) is 0.290. The maximum absolute atomic E-state index is 12.8. The Morgan fingerprint density at radius 3 is 2.50 bits per heavy atom. The fourth-order valence-corrected chi connectivity index (χ4v) is 4.94. The summed E-state index contributed by atoms with van der Waals surface area (Å²) in [5.41, 5.74) is 0. The minimum atomic E-state index is -3.75. The van der Waals surface area contributed by atoms with Crippen molar-refractivity contribution in [2.75, 3.05) is 32.3 Å². The first-order chi connectivity index (χ1) is 10.5. The third-order valence-corrected chi connectivity index (χ3v) is 6.40. The fourth-order valence-electron chi connectivity index (χ4n) is 2.29. The fraction of sp³-hybridized carbons (Fsp3) is 0.500. The number of benzene rings is 1. The number of methoxy groups -OCH3 is 2. The summed E-state index contributed by atoms with van der Waals surface area (Å²) in [5, 5.41) is 0. The predicted octanol–water partition coefficient (Wildman–Crippen LogP) is 1.36. The Hall–Kier alpha value is -1.25. The van der Waals surface area contributed by atoms with Gasteiger partial charge in [0.15, 0.2) is 0 Å². The lowest BCUT2D eigenvalue weighted by molar-refractivity contribution is -0.145. The van der Waals surface area contributed by atoms with E-state index in [2.05, 4.69) is 0 Å². The summed E-state index contributed by atoms with van der Waals surface area (Å²) >= 11 is 1.63. The number of hydrogen-bond acceptors (Lipinski definition) is 6. The number of esters is 1. The SMILES string of the molecule is COC(=O)C1CCSCCN1S(=O)(=O)c1ccc(OC)cc1. The van der Waals surface area contributed by atoms with Crippen LogP contribution in [-0.4, -0.2) is 57.0 Å². The number of carbonyl (C=O) groups excluding carboxylic acids is 1. The smallest absolute Gasteiger partial charge is 0.324 e. The first-order valence-electron chi connectivity index (χ1n) is 6.82. The van der Waals surface area contributed by atoms with Crippen LogP contribution in [0.2, 0.25) is 0 Å². The minimum absolute atomic E-state index is 0.147. The topological polar surface area (TPSA) is 72.9 Å². The van der Waals surface area contributed by atoms with Crippen molar-refractivity contribution >= 4 is 27.8 Å². The van der Waals surface area contributed by atoms with Gasteiger partial charge in [-0.1, -0.05) is 0 Å². The number of hydrogen-bond donors (Lipinski definition) is 0. The average Bonchev–Trinajstić information content (AvgIpc) is 2.80. The largest absolute Gasteiger partial charge is 0.497 e. The van der Waals surface area contributed by atoms with Crippen LogP contribution in [0.4, 0.5) is 0 Å². The Bertz CT molecular complexity index is 615. The summed E-state index contributed by atoms with van der Waals surface area (Å²) in [6, 6.07) is 5.38. The van der Waals surface area contributed by atoms with E-state index >= 15 is 0 Å². The molecule has 8 heteroatoms. The van der Waals surface area contributed by atoms with E-state index in [4.69, 9.17) is 9.47 Å². The van der Waals surface area contributed by atoms with Crippen molar-refractivity contribution in [1.29, 1.82) is 0 Å². The third-order valence-electron chi connectivity index (χ3n) is 3.48. The van der Waals surface area contributed by atoms with Gasteiger partial charge in [0, 0.05) is 12.3 Å². The monoisotopic (exact) mass is 345 g/mol. The molecule has 0 radical (unpaired) electrons. The molecule has 1 aromatic rings. The van der Waals surface area contributed by atoms with E-state index in [0.717, 1.165) is 5.75 Å². The zero-order chi connectivity index (χ0) is 16.2. The highest BCUT2D eigenvalue weighted by molar-refractivity contribution is 7.99. The van der Waals surface area contributed by atoms with Gasteiger partial charge < -0.3 is 9.47 Å². The summed E-state index contributed by atoms with van der Waals surface area (Å²) in [7, 11) is -0.958. The predicted molar refractivity (Wildman–Crippen MR) is 84.6 cm³/mol. The highest BCUT2D eigenvalue weighted by Gasteiger charge is 2.37. The van der Waals surface area contributed by atoms with Gasteiger partial charge in [-0.25, -0.2) is 8.42 Å². The summed E-state index contributed by atoms with van der Waals surface area (Å²) in [4.78, 5) is 12.1. The number of ether oxygens (including phenoxy) is 2. The van der Waals surface area contributed by atoms with E-state index in [0.29, 0.717) is 24.5 Å². The van der Waals surface area contributed by atoms with Crippen molar-refractivity contribution in [3.63, 3.8) is 0 Å². The van der Waals surface area contributed by atoms with Crippen molar-refractivity contribution in [3.8, 4) is 5.75 Å². The van der Waals surface area contributed by atoms with Gasteiger partial charge in [-0.2, -0.15) is 16.1 Å². The van der Waals surface area contributed by atoms with Crippen LogP contribution in [0.5, 0.6) is 5.75 Å². The Morgan fingerprint density at radius 1 is 1.23 bits per heavy atom. The summed E-state index contributed by atoms with van der Waals surface area (Å²) in [6.07, 6.45) is 0.451. The van der Waals surface area contributed by atoms with Gasteiger partial charge in [0.25, 0.3) is 0 Å². The Labute approximate surface area is 134 Å². The minimum Gasteiger partial charge on any atom is -0.497 e. The van der Waals surface area contributed by atoms with E-state index in [1.807, 2.05) is 0 Å². The highest BCUT2D eigenvalue weighted by atomic mass is 32.2. The van der Waals surface area contributed by atoms with Gasteiger partial charge in [0.05, 0.1) is 19.1 Å². The van der Waals surface area contributed by atoms with Crippen molar-refractivity contribution in [2.45, 2.75) is 17.4 Å². The molecule has 1 atom stereocenters. The molecule has 1 aliphatic heterocycles. The second-order valence-electron chi connectivity index (χ2n) is 4.73. The van der Waals surface area contributed by atoms with Gasteiger partial charge in [-0.3, -0.25) is 4.79 Å². The van der Waals surface area contributed by atoms with Gasteiger partial charge in [0.2, 0.25) is 10.0 Å². The molecule has 0 saturated carbocycles. The molecular weight excluding hydrogens is 326 g/mol. The lowest BCUT2D eigenvalue weighted by atomic mass is 10.2. The summed E-state index contributed by atoms with van der Waals surface area (Å²) < 4.78 is 36.7. The standard InChI is InChI=1S/C14H19NO5S2/c1-19-11-3-5-12(6-4-11)22(17,18)15-8-10-21-9-7-13(15)14(16)20-2/h3-6,13H,7-10H2,1-2H3. The first kappa shape index (κ1) is 17.1. The molecule has 1 saturated heterocycles. The van der Waals surface area contributed by atoms with Crippen molar-refractivity contribution in [2.24, 2.45) is 0 Å². The molecule has 0 aliphatic carbocycles. The molecule has 1 aliphatic rings. The molecule has 0 N–H and O–H groups in total. The van der Waals surface area contributed by atoms with Crippen LogP contribution in [0.15, 0.2) is 29.2 Å². The lowest BCUT2D eigenvalue weighted by Crippen LogP contribution is -2.45. The number of nitrogens with zero attached hydrogens (tertiary/aromatic N) is 1. The van der Waals surface area contributed by atoms with Crippen LogP contribution in [-0.2, 0) is 19.6 Å². The third kappa shape index (κ3) is 3.56. The zero-order valence-electron chi connectivity index (χ0n) is 12.5. The quantitative estimate of drug-likeness (QED) is 0.768. The molecule has 0 bridgehead atoms. The number of carbonyl (C=O) groups is 1. The van der Waals surface area contributed by atoms with Crippen LogP contribution in [0, 0.1) is 0 Å². The normalized spacial score (nSPS) is 20.2. The molecule has 1 fully saturated rings. The molecule has 0 amide bonds. The molecule has 6 nitrogen and oxygen atoms in total. The summed E-state index contributed by atoms with van der Waals surface area (Å²) in [5.74, 6) is 1.45. The second kappa shape index (κ2) is 7.34.